The summed E-state index contributed by atoms with van der Waals surface area (Å²) < 4.78 is 31.4. The minimum Gasteiger partial charge on any atom is -0.444 e. The molecule has 2 aromatic carbocycles. The second-order valence-electron chi connectivity index (χ2n) is 6.17. The summed E-state index contributed by atoms with van der Waals surface area (Å²) in [5.41, 5.74) is 1.55. The van der Waals surface area contributed by atoms with Gasteiger partial charge in [-0.15, -0.1) is 0 Å². The fraction of sp³-hybridized carbons (Fsp3) is 0.100. The van der Waals surface area contributed by atoms with Gasteiger partial charge in [-0.3, -0.25) is 9.59 Å². The molecule has 0 bridgehead atoms. The Kier molecular flexibility index (Phi) is 6.70. The fourth-order valence-electron chi connectivity index (χ4n) is 2.56. The summed E-state index contributed by atoms with van der Waals surface area (Å²) in [7, 11) is -2.16. The third-order valence-corrected chi connectivity index (χ3v) is 5.99. The van der Waals surface area contributed by atoms with Crippen molar-refractivity contribution < 1.29 is 22.4 Å². The standard InChI is InChI=1S/C20H18BrN3O5S/c1-22-30(27,28)16-7-5-13(6-8-16)12-23-19(25)14-3-2-4-15(11-14)24-20(26)17-9-10-18(21)29-17/h2-11,22H,12H2,1H3,(H,23,25)(H,24,26). The maximum absolute atomic E-state index is 12.4. The van der Waals surface area contributed by atoms with E-state index in [0.29, 0.717) is 15.9 Å². The topological polar surface area (TPSA) is 118 Å². The zero-order valence-corrected chi connectivity index (χ0v) is 18.2. The van der Waals surface area contributed by atoms with E-state index in [1.807, 2.05) is 0 Å². The Hall–Kier alpha value is -2.95. The third-order valence-electron chi connectivity index (χ3n) is 4.14. The van der Waals surface area contributed by atoms with Gasteiger partial charge in [0, 0.05) is 17.8 Å². The first-order chi connectivity index (χ1) is 14.3. The van der Waals surface area contributed by atoms with Crippen molar-refractivity contribution in [2.45, 2.75) is 11.4 Å². The molecule has 10 heteroatoms. The van der Waals surface area contributed by atoms with Gasteiger partial charge in [0.05, 0.1) is 4.90 Å². The van der Waals surface area contributed by atoms with E-state index in [1.165, 1.54) is 25.2 Å². The number of amides is 2. The number of anilines is 1. The van der Waals surface area contributed by atoms with Gasteiger partial charge in [-0.2, -0.15) is 0 Å². The molecule has 156 valence electrons. The zero-order valence-electron chi connectivity index (χ0n) is 15.8. The van der Waals surface area contributed by atoms with Crippen LogP contribution in [0.2, 0.25) is 0 Å². The van der Waals surface area contributed by atoms with Crippen molar-refractivity contribution >= 4 is 43.5 Å². The molecule has 3 rings (SSSR count). The van der Waals surface area contributed by atoms with Crippen LogP contribution in [0, 0.1) is 0 Å². The molecule has 0 aliphatic rings. The first kappa shape index (κ1) is 21.8. The smallest absolute Gasteiger partial charge is 0.291 e. The molecular weight excluding hydrogens is 474 g/mol. The SMILES string of the molecule is CNS(=O)(=O)c1ccc(CNC(=O)c2cccc(NC(=O)c3ccc(Br)o3)c2)cc1. The summed E-state index contributed by atoms with van der Waals surface area (Å²) >= 11 is 3.14. The molecule has 0 fully saturated rings. The summed E-state index contributed by atoms with van der Waals surface area (Å²) in [6, 6.07) is 15.8. The number of furan rings is 1. The largest absolute Gasteiger partial charge is 0.444 e. The predicted octanol–water partition coefficient (Wildman–Crippen LogP) is 3.13. The molecule has 1 heterocycles. The van der Waals surface area contributed by atoms with E-state index in [4.69, 9.17) is 4.42 Å². The molecule has 0 aliphatic carbocycles. The Morgan fingerprint density at radius 1 is 1.00 bits per heavy atom. The molecule has 0 saturated heterocycles. The van der Waals surface area contributed by atoms with Gasteiger partial charge in [-0.05, 0) is 71.0 Å². The fourth-order valence-corrected chi connectivity index (χ4v) is 3.59. The number of carbonyl (C=O) groups is 2. The van der Waals surface area contributed by atoms with E-state index in [2.05, 4.69) is 31.3 Å². The Balaban J connectivity index is 1.62. The van der Waals surface area contributed by atoms with Crippen LogP contribution in [0.4, 0.5) is 5.69 Å². The lowest BCUT2D eigenvalue weighted by molar-refractivity contribution is 0.0949. The number of nitrogens with one attached hydrogen (secondary N) is 3. The van der Waals surface area contributed by atoms with Gasteiger partial charge in [0.15, 0.2) is 10.4 Å². The molecule has 2 amide bonds. The lowest BCUT2D eigenvalue weighted by Gasteiger charge is -2.09. The lowest BCUT2D eigenvalue weighted by Crippen LogP contribution is -2.23. The highest BCUT2D eigenvalue weighted by atomic mass is 79.9. The molecule has 0 saturated carbocycles. The van der Waals surface area contributed by atoms with E-state index >= 15 is 0 Å². The van der Waals surface area contributed by atoms with Crippen molar-refractivity contribution in [3.63, 3.8) is 0 Å². The van der Waals surface area contributed by atoms with Gasteiger partial charge in [0.1, 0.15) is 0 Å². The number of halogens is 1. The van der Waals surface area contributed by atoms with E-state index in [0.717, 1.165) is 5.56 Å². The molecule has 1 aromatic heterocycles. The van der Waals surface area contributed by atoms with Gasteiger partial charge in [-0.25, -0.2) is 13.1 Å². The summed E-state index contributed by atoms with van der Waals surface area (Å²) in [6.45, 7) is 0.218. The molecule has 0 radical (unpaired) electrons. The summed E-state index contributed by atoms with van der Waals surface area (Å²) in [5.74, 6) is -0.630. The summed E-state index contributed by atoms with van der Waals surface area (Å²) in [4.78, 5) is 24.8. The van der Waals surface area contributed by atoms with Gasteiger partial charge in [0.25, 0.3) is 11.8 Å². The number of hydrogen-bond acceptors (Lipinski definition) is 5. The highest BCUT2D eigenvalue weighted by Gasteiger charge is 2.13. The predicted molar refractivity (Wildman–Crippen MR) is 115 cm³/mol. The Labute approximate surface area is 181 Å². The first-order valence-electron chi connectivity index (χ1n) is 8.76. The molecule has 8 nitrogen and oxygen atoms in total. The third kappa shape index (κ3) is 5.35. The van der Waals surface area contributed by atoms with Crippen LogP contribution in [-0.2, 0) is 16.6 Å². The molecule has 0 unspecified atom stereocenters. The van der Waals surface area contributed by atoms with Gasteiger partial charge < -0.3 is 15.1 Å². The van der Waals surface area contributed by atoms with E-state index in [1.54, 1.807) is 42.5 Å². The van der Waals surface area contributed by atoms with Crippen molar-refractivity contribution in [3.8, 4) is 0 Å². The zero-order chi connectivity index (χ0) is 21.7. The van der Waals surface area contributed by atoms with E-state index in [9.17, 15) is 18.0 Å². The summed E-state index contributed by atoms with van der Waals surface area (Å²) in [5, 5.41) is 5.43. The quantitative estimate of drug-likeness (QED) is 0.469. The second-order valence-corrected chi connectivity index (χ2v) is 8.84. The number of hydrogen-bond donors (Lipinski definition) is 3. The van der Waals surface area contributed by atoms with Gasteiger partial charge >= 0.3 is 0 Å². The van der Waals surface area contributed by atoms with Gasteiger partial charge in [-0.1, -0.05) is 18.2 Å². The monoisotopic (exact) mass is 491 g/mol. The molecular formula is C20H18BrN3O5S. The normalized spacial score (nSPS) is 11.1. The van der Waals surface area contributed by atoms with Crippen LogP contribution in [0.1, 0.15) is 26.5 Å². The van der Waals surface area contributed by atoms with Crippen LogP contribution >= 0.6 is 15.9 Å². The average Bonchev–Trinajstić information content (AvgIpc) is 3.19. The number of benzene rings is 2. The van der Waals surface area contributed by atoms with Crippen molar-refractivity contribution in [3.05, 3.63) is 82.2 Å². The van der Waals surface area contributed by atoms with Crippen LogP contribution in [-0.4, -0.2) is 27.3 Å². The van der Waals surface area contributed by atoms with Crippen LogP contribution in [0.5, 0.6) is 0 Å². The van der Waals surface area contributed by atoms with Crippen molar-refractivity contribution in [2.24, 2.45) is 0 Å². The van der Waals surface area contributed by atoms with Crippen LogP contribution in [0.3, 0.4) is 0 Å². The Bertz CT molecular complexity index is 1170. The molecule has 3 N–H and O–H groups in total. The molecule has 0 atom stereocenters. The summed E-state index contributed by atoms with van der Waals surface area (Å²) in [6.07, 6.45) is 0. The van der Waals surface area contributed by atoms with Crippen LogP contribution < -0.4 is 15.4 Å². The Morgan fingerprint density at radius 2 is 1.73 bits per heavy atom. The molecule has 0 spiro atoms. The molecule has 30 heavy (non-hydrogen) atoms. The number of sulfonamides is 1. The molecule has 0 aliphatic heterocycles. The van der Waals surface area contributed by atoms with Crippen molar-refractivity contribution in [1.82, 2.24) is 10.0 Å². The number of rotatable bonds is 7. The second kappa shape index (κ2) is 9.24. The lowest BCUT2D eigenvalue weighted by atomic mass is 10.1. The van der Waals surface area contributed by atoms with Crippen LogP contribution in [0.15, 0.2) is 74.6 Å². The van der Waals surface area contributed by atoms with Crippen molar-refractivity contribution in [2.75, 3.05) is 12.4 Å². The highest BCUT2D eigenvalue weighted by molar-refractivity contribution is 9.10. The van der Waals surface area contributed by atoms with E-state index < -0.39 is 15.9 Å². The van der Waals surface area contributed by atoms with Crippen LogP contribution in [0.25, 0.3) is 0 Å². The minimum absolute atomic E-state index is 0.139. The average molecular weight is 492 g/mol. The maximum atomic E-state index is 12.4. The number of carbonyl (C=O) groups excluding carboxylic acids is 2. The van der Waals surface area contributed by atoms with Crippen molar-refractivity contribution in [1.29, 1.82) is 0 Å². The Morgan fingerprint density at radius 3 is 2.37 bits per heavy atom. The van der Waals surface area contributed by atoms with Gasteiger partial charge in [0.2, 0.25) is 10.0 Å². The maximum Gasteiger partial charge on any atom is 0.291 e. The first-order valence-corrected chi connectivity index (χ1v) is 11.0. The van der Waals surface area contributed by atoms with E-state index in [-0.39, 0.29) is 23.1 Å². The molecule has 3 aromatic rings. The highest BCUT2D eigenvalue weighted by Crippen LogP contribution is 2.17. The minimum atomic E-state index is -3.50.